The van der Waals surface area contributed by atoms with Crippen molar-refractivity contribution < 1.29 is 43.0 Å². The molecule has 44 heavy (non-hydrogen) atoms. The number of methoxy groups -OCH3 is 1. The van der Waals surface area contributed by atoms with E-state index >= 15 is 0 Å². The molecule has 230 valence electrons. The Morgan fingerprint density at radius 1 is 0.864 bits per heavy atom. The second kappa shape index (κ2) is 10.0. The molecule has 0 bridgehead atoms. The van der Waals surface area contributed by atoms with E-state index in [1.54, 1.807) is 30.6 Å². The first-order valence-electron chi connectivity index (χ1n) is 14.0. The summed E-state index contributed by atoms with van der Waals surface area (Å²) in [5.74, 6) is -3.73. The predicted octanol–water partition coefficient (Wildman–Crippen LogP) is 1.24. The number of urea groups is 2. The topological polar surface area (TPSA) is 156 Å². The third kappa shape index (κ3) is 3.69. The van der Waals surface area contributed by atoms with Crippen LogP contribution in [0.2, 0.25) is 0 Å². The smallest absolute Gasteiger partial charge is 0.332 e. The molecule has 1 atom stereocenters. The van der Waals surface area contributed by atoms with Crippen LogP contribution >= 0.6 is 0 Å². The van der Waals surface area contributed by atoms with Crippen molar-refractivity contribution in [1.29, 1.82) is 0 Å². The molecule has 8 amide bonds. The number of rotatable bonds is 5. The van der Waals surface area contributed by atoms with Gasteiger partial charge in [-0.2, -0.15) is 0 Å². The molecule has 0 radical (unpaired) electrons. The number of pyridine rings is 1. The van der Waals surface area contributed by atoms with Crippen molar-refractivity contribution in [1.82, 2.24) is 24.6 Å². The third-order valence-electron chi connectivity index (χ3n) is 9.54. The molecule has 1 unspecified atom stereocenters. The molecule has 0 N–H and O–H groups in total. The van der Waals surface area contributed by atoms with E-state index in [0.717, 1.165) is 25.2 Å². The lowest BCUT2D eigenvalue weighted by atomic mass is 9.51. The number of aromatic nitrogens is 1. The maximum Gasteiger partial charge on any atom is 0.332 e. The number of ether oxygens (including phenoxy) is 3. The molecule has 3 aliphatic heterocycles. The number of hydrogen-bond donors (Lipinski definition) is 0. The molecule has 2 aromatic rings. The molecule has 0 saturated carbocycles. The van der Waals surface area contributed by atoms with Gasteiger partial charge in [0.25, 0.3) is 0 Å². The minimum absolute atomic E-state index is 0.0778. The highest BCUT2D eigenvalue weighted by Gasteiger charge is 2.71. The average Bonchev–Trinajstić information content (AvgIpc) is 3.51. The molecule has 4 heterocycles. The normalized spacial score (nSPS) is 22.2. The highest BCUT2D eigenvalue weighted by Crippen LogP contribution is 2.59. The van der Waals surface area contributed by atoms with E-state index in [1.165, 1.54) is 35.3 Å². The fourth-order valence-corrected chi connectivity index (χ4v) is 7.30. The van der Waals surface area contributed by atoms with E-state index in [0.29, 0.717) is 28.4 Å². The van der Waals surface area contributed by atoms with Gasteiger partial charge in [-0.05, 0) is 55.0 Å². The van der Waals surface area contributed by atoms with Crippen LogP contribution in [0.15, 0.2) is 30.6 Å². The number of imide groups is 4. The summed E-state index contributed by atoms with van der Waals surface area (Å²) in [6, 6.07) is 3.45. The van der Waals surface area contributed by atoms with Crippen molar-refractivity contribution >= 4 is 35.7 Å². The lowest BCUT2D eigenvalue weighted by Gasteiger charge is -2.55. The van der Waals surface area contributed by atoms with Gasteiger partial charge in [0.2, 0.25) is 36.2 Å². The first kappa shape index (κ1) is 29.1. The maximum atomic E-state index is 14.5. The van der Waals surface area contributed by atoms with Crippen LogP contribution in [0.1, 0.15) is 23.1 Å². The van der Waals surface area contributed by atoms with Gasteiger partial charge in [-0.1, -0.05) is 0 Å². The fourth-order valence-electron chi connectivity index (χ4n) is 7.30. The van der Waals surface area contributed by atoms with Crippen LogP contribution in [-0.4, -0.2) is 102 Å². The number of amides is 8. The summed E-state index contributed by atoms with van der Waals surface area (Å²) < 4.78 is 17.0. The number of carbonyl (C=O) groups excluding carboxylic acids is 6. The number of benzene rings is 1. The maximum absolute atomic E-state index is 14.5. The molecule has 1 aromatic heterocycles. The molecule has 1 aliphatic carbocycles. The van der Waals surface area contributed by atoms with Crippen molar-refractivity contribution in [2.75, 3.05) is 42.1 Å². The summed E-state index contributed by atoms with van der Waals surface area (Å²) in [6.07, 6.45) is 2.76. The Balaban J connectivity index is 1.65. The van der Waals surface area contributed by atoms with Crippen molar-refractivity contribution in [3.8, 4) is 17.2 Å². The zero-order valence-corrected chi connectivity index (χ0v) is 24.9. The lowest BCUT2D eigenvalue weighted by Crippen LogP contribution is -2.74. The van der Waals surface area contributed by atoms with E-state index in [1.807, 2.05) is 0 Å². The second-order valence-corrected chi connectivity index (χ2v) is 11.5. The summed E-state index contributed by atoms with van der Waals surface area (Å²) in [5, 5.41) is 0. The Labute approximate surface area is 252 Å². The van der Waals surface area contributed by atoms with E-state index in [4.69, 9.17) is 14.2 Å². The summed E-state index contributed by atoms with van der Waals surface area (Å²) in [6.45, 7) is -0.0778. The molecule has 4 aliphatic rings. The largest absolute Gasteiger partial charge is 0.492 e. The van der Waals surface area contributed by atoms with Gasteiger partial charge in [0.05, 0.1) is 7.11 Å². The number of barbiturate groups is 2. The summed E-state index contributed by atoms with van der Waals surface area (Å²) in [7, 11) is 6.49. The van der Waals surface area contributed by atoms with Gasteiger partial charge >= 0.3 is 12.1 Å². The Kier molecular flexibility index (Phi) is 6.63. The number of aryl methyl sites for hydroxylation is 1. The molecule has 1 spiro atoms. The molecular formula is C30H31N5O9. The molecule has 14 nitrogen and oxygen atoms in total. The second-order valence-electron chi connectivity index (χ2n) is 11.5. The van der Waals surface area contributed by atoms with E-state index in [9.17, 15) is 28.8 Å². The number of carbonyl (C=O) groups is 6. The highest BCUT2D eigenvalue weighted by molar-refractivity contribution is 6.23. The van der Waals surface area contributed by atoms with Gasteiger partial charge < -0.3 is 14.2 Å². The van der Waals surface area contributed by atoms with Crippen LogP contribution in [-0.2, 0) is 38.4 Å². The monoisotopic (exact) mass is 605 g/mol. The van der Waals surface area contributed by atoms with Gasteiger partial charge in [0.15, 0.2) is 11.5 Å². The van der Waals surface area contributed by atoms with Crippen molar-refractivity contribution in [3.63, 3.8) is 0 Å². The highest BCUT2D eigenvalue weighted by atomic mass is 16.7. The van der Waals surface area contributed by atoms with Gasteiger partial charge in [0.1, 0.15) is 10.8 Å². The van der Waals surface area contributed by atoms with Crippen LogP contribution in [0.4, 0.5) is 9.59 Å². The van der Waals surface area contributed by atoms with Crippen molar-refractivity contribution in [3.05, 3.63) is 47.3 Å². The van der Waals surface area contributed by atoms with E-state index < -0.39 is 52.4 Å². The molecule has 6 rings (SSSR count). The van der Waals surface area contributed by atoms with Crippen LogP contribution in [0.3, 0.4) is 0 Å². The average molecular weight is 606 g/mol. The van der Waals surface area contributed by atoms with E-state index in [-0.39, 0.29) is 32.5 Å². The quantitative estimate of drug-likeness (QED) is 0.455. The predicted molar refractivity (Wildman–Crippen MR) is 149 cm³/mol. The molecule has 2 saturated heterocycles. The minimum atomic E-state index is -2.08. The van der Waals surface area contributed by atoms with Crippen LogP contribution in [0.25, 0.3) is 0 Å². The molecule has 14 heteroatoms. The zero-order chi connectivity index (χ0) is 31.7. The third-order valence-corrected chi connectivity index (χ3v) is 9.54. The fraction of sp³-hybridized carbons (Fsp3) is 0.433. The van der Waals surface area contributed by atoms with Crippen LogP contribution in [0.5, 0.6) is 17.2 Å². The molecular weight excluding hydrogens is 574 g/mol. The minimum Gasteiger partial charge on any atom is -0.492 e. The van der Waals surface area contributed by atoms with Crippen LogP contribution in [0, 0.1) is 16.7 Å². The standard InChI is InChI=1S/C30H31N5O9/c1-32-23(36)29(24(37)33(2)27(32)40,9-6-16-7-10-31-11-8-16)20-13-18-17(12-19-22(21(18)42-5)44-15-43-19)14-30(20)25(38)34(3)28(41)35(4)26(30)39/h7-8,10-12,20H,6,9,13-15H2,1-5H3. The van der Waals surface area contributed by atoms with Crippen molar-refractivity contribution in [2.24, 2.45) is 16.7 Å². The SMILES string of the molecule is COc1c2c(cc3c1OCO3)CC1(C(=O)N(C)C(=O)N(C)C1=O)C(C1(CCc3ccncc3)C(=O)N(C)C(=O)N(C)C1=O)C2. The van der Waals surface area contributed by atoms with Crippen molar-refractivity contribution in [2.45, 2.75) is 25.7 Å². The number of fused-ring (bicyclic) bond motifs is 2. The summed E-state index contributed by atoms with van der Waals surface area (Å²) in [5.41, 5.74) is -2.36. The first-order chi connectivity index (χ1) is 20.9. The summed E-state index contributed by atoms with van der Waals surface area (Å²) >= 11 is 0. The number of nitrogens with zero attached hydrogens (tertiary/aromatic N) is 5. The van der Waals surface area contributed by atoms with E-state index in [2.05, 4.69) is 4.98 Å². The molecule has 2 fully saturated rings. The Hall–Kier alpha value is -5.01. The Morgan fingerprint density at radius 3 is 2.00 bits per heavy atom. The Bertz CT molecular complexity index is 1590. The van der Waals surface area contributed by atoms with Crippen LogP contribution < -0.4 is 14.2 Å². The Morgan fingerprint density at radius 2 is 1.43 bits per heavy atom. The van der Waals surface area contributed by atoms with Gasteiger partial charge in [-0.3, -0.25) is 43.8 Å². The lowest BCUT2D eigenvalue weighted by molar-refractivity contribution is -0.178. The van der Waals surface area contributed by atoms with Gasteiger partial charge in [-0.15, -0.1) is 0 Å². The van der Waals surface area contributed by atoms with Gasteiger partial charge in [-0.25, -0.2) is 9.59 Å². The van der Waals surface area contributed by atoms with Gasteiger partial charge in [0, 0.05) is 52.1 Å². The zero-order valence-electron chi connectivity index (χ0n) is 24.9. The number of hydrogen-bond acceptors (Lipinski definition) is 10. The molecule has 1 aromatic carbocycles. The summed E-state index contributed by atoms with van der Waals surface area (Å²) in [4.78, 5) is 91.3. The first-order valence-corrected chi connectivity index (χ1v) is 14.0.